The van der Waals surface area contributed by atoms with Crippen molar-refractivity contribution in [3.05, 3.63) is 17.5 Å². The first-order chi connectivity index (χ1) is 6.54. The Morgan fingerprint density at radius 2 is 2.29 bits per heavy atom. The number of methoxy groups -OCH3 is 1. The maximum atomic E-state index is 12.0. The Bertz CT molecular complexity index is 302. The summed E-state index contributed by atoms with van der Waals surface area (Å²) in [6, 6.07) is 1.51. The molecular formula is C8H12F2N2O2. The molecule has 0 aromatic carbocycles. The third kappa shape index (κ3) is 2.49. The summed E-state index contributed by atoms with van der Waals surface area (Å²) < 4.78 is 29.8. The van der Waals surface area contributed by atoms with E-state index < -0.39 is 19.3 Å². The van der Waals surface area contributed by atoms with Gasteiger partial charge < -0.3 is 9.84 Å². The summed E-state index contributed by atoms with van der Waals surface area (Å²) >= 11 is 0. The number of aromatic nitrogens is 2. The number of hydrogen-bond acceptors (Lipinski definition) is 3. The van der Waals surface area contributed by atoms with Crippen LogP contribution in [0.3, 0.4) is 0 Å². The lowest BCUT2D eigenvalue weighted by Gasteiger charge is -2.04. The Kier molecular flexibility index (Phi) is 3.54. The monoisotopic (exact) mass is 206 g/mol. The summed E-state index contributed by atoms with van der Waals surface area (Å²) in [5, 5.41) is 13.0. The van der Waals surface area contributed by atoms with Gasteiger partial charge in [0.15, 0.2) is 6.29 Å². The van der Waals surface area contributed by atoms with Crippen molar-refractivity contribution in [3.63, 3.8) is 0 Å². The second-order valence-corrected chi connectivity index (χ2v) is 2.87. The molecule has 1 N–H and O–H groups in total. The van der Waals surface area contributed by atoms with E-state index in [0.717, 1.165) is 4.68 Å². The Morgan fingerprint density at radius 1 is 1.64 bits per heavy atom. The molecular weight excluding hydrogens is 194 g/mol. The number of aryl methyl sites for hydroxylation is 1. The number of halogens is 2. The first-order valence-corrected chi connectivity index (χ1v) is 4.08. The maximum absolute atomic E-state index is 12.0. The largest absolute Gasteiger partial charge is 0.363 e. The van der Waals surface area contributed by atoms with E-state index in [9.17, 15) is 13.9 Å². The third-order valence-corrected chi connectivity index (χ3v) is 1.79. The standard InChI is InChI=1S/C8H12F2N2O2/c1-5-3-6(8(13)14-2)11-12(5)4-7(9)10/h3,7-8,13H,4H2,1-2H3. The summed E-state index contributed by atoms with van der Waals surface area (Å²) in [5.74, 6) is 0. The van der Waals surface area contributed by atoms with Crippen LogP contribution in [0.5, 0.6) is 0 Å². The zero-order chi connectivity index (χ0) is 10.7. The molecule has 0 bridgehead atoms. The van der Waals surface area contributed by atoms with Crippen molar-refractivity contribution in [3.8, 4) is 0 Å². The van der Waals surface area contributed by atoms with Gasteiger partial charge in [-0.05, 0) is 13.0 Å². The Balaban J connectivity index is 2.82. The molecule has 0 spiro atoms. The summed E-state index contributed by atoms with van der Waals surface area (Å²) in [6.45, 7) is 1.17. The highest BCUT2D eigenvalue weighted by Gasteiger charge is 2.14. The molecule has 1 heterocycles. The summed E-state index contributed by atoms with van der Waals surface area (Å²) in [4.78, 5) is 0. The normalized spacial score (nSPS) is 13.6. The molecule has 0 aliphatic heterocycles. The highest BCUT2D eigenvalue weighted by Crippen LogP contribution is 2.13. The fourth-order valence-corrected chi connectivity index (χ4v) is 1.09. The molecule has 80 valence electrons. The van der Waals surface area contributed by atoms with Crippen molar-refractivity contribution in [2.45, 2.75) is 26.2 Å². The van der Waals surface area contributed by atoms with Gasteiger partial charge in [-0.25, -0.2) is 8.78 Å². The molecule has 1 atom stereocenters. The topological polar surface area (TPSA) is 47.3 Å². The van der Waals surface area contributed by atoms with E-state index in [1.807, 2.05) is 0 Å². The average molecular weight is 206 g/mol. The zero-order valence-electron chi connectivity index (χ0n) is 7.94. The van der Waals surface area contributed by atoms with E-state index in [-0.39, 0.29) is 5.69 Å². The van der Waals surface area contributed by atoms with Crippen molar-refractivity contribution in [1.29, 1.82) is 0 Å². The van der Waals surface area contributed by atoms with Gasteiger partial charge in [0.2, 0.25) is 0 Å². The van der Waals surface area contributed by atoms with E-state index in [1.165, 1.54) is 13.2 Å². The number of aliphatic hydroxyl groups excluding tert-OH is 1. The summed E-state index contributed by atoms with van der Waals surface area (Å²) in [7, 11) is 1.31. The van der Waals surface area contributed by atoms with Crippen molar-refractivity contribution in [2.75, 3.05) is 7.11 Å². The van der Waals surface area contributed by atoms with Crippen LogP contribution >= 0.6 is 0 Å². The predicted molar refractivity (Wildman–Crippen MR) is 44.9 cm³/mol. The maximum Gasteiger partial charge on any atom is 0.257 e. The number of rotatable bonds is 4. The summed E-state index contributed by atoms with van der Waals surface area (Å²) in [5.41, 5.74) is 0.807. The lowest BCUT2D eigenvalue weighted by Crippen LogP contribution is -2.10. The van der Waals surface area contributed by atoms with E-state index in [0.29, 0.717) is 5.69 Å². The fraction of sp³-hybridized carbons (Fsp3) is 0.625. The molecule has 1 aromatic rings. The van der Waals surface area contributed by atoms with Crippen LogP contribution in [0.1, 0.15) is 17.7 Å². The molecule has 0 aliphatic rings. The molecule has 0 saturated heterocycles. The van der Waals surface area contributed by atoms with Crippen molar-refractivity contribution < 1.29 is 18.6 Å². The minimum absolute atomic E-state index is 0.241. The fourth-order valence-electron chi connectivity index (χ4n) is 1.09. The molecule has 0 radical (unpaired) electrons. The van der Waals surface area contributed by atoms with E-state index in [2.05, 4.69) is 9.84 Å². The van der Waals surface area contributed by atoms with Crippen LogP contribution in [0, 0.1) is 6.92 Å². The molecule has 0 saturated carbocycles. The lowest BCUT2D eigenvalue weighted by atomic mass is 10.3. The van der Waals surface area contributed by atoms with Gasteiger partial charge in [0.25, 0.3) is 6.43 Å². The number of hydrogen-bond donors (Lipinski definition) is 1. The van der Waals surface area contributed by atoms with Gasteiger partial charge in [0.1, 0.15) is 12.2 Å². The van der Waals surface area contributed by atoms with Gasteiger partial charge in [-0.3, -0.25) is 4.68 Å². The highest BCUT2D eigenvalue weighted by molar-refractivity contribution is 5.09. The van der Waals surface area contributed by atoms with Gasteiger partial charge in [0.05, 0.1) is 0 Å². The first kappa shape index (κ1) is 11.1. The second-order valence-electron chi connectivity index (χ2n) is 2.87. The van der Waals surface area contributed by atoms with E-state index in [1.54, 1.807) is 6.92 Å². The van der Waals surface area contributed by atoms with Gasteiger partial charge in [0, 0.05) is 12.8 Å². The number of ether oxygens (including phenoxy) is 1. The number of aliphatic hydroxyl groups is 1. The molecule has 4 nitrogen and oxygen atoms in total. The van der Waals surface area contributed by atoms with Crippen LogP contribution in [-0.2, 0) is 11.3 Å². The highest BCUT2D eigenvalue weighted by atomic mass is 19.3. The molecule has 1 rings (SSSR count). The second kappa shape index (κ2) is 4.47. The van der Waals surface area contributed by atoms with Crippen LogP contribution in [-0.4, -0.2) is 28.4 Å². The predicted octanol–water partition coefficient (Wildman–Crippen LogP) is 1.09. The van der Waals surface area contributed by atoms with E-state index in [4.69, 9.17) is 0 Å². The number of nitrogens with zero attached hydrogens (tertiary/aromatic N) is 2. The Labute approximate surface area is 80.1 Å². The zero-order valence-corrected chi connectivity index (χ0v) is 7.94. The molecule has 0 aliphatic carbocycles. The van der Waals surface area contributed by atoms with E-state index >= 15 is 0 Å². The van der Waals surface area contributed by atoms with Crippen LogP contribution in [0.4, 0.5) is 8.78 Å². The van der Waals surface area contributed by atoms with Crippen molar-refractivity contribution in [2.24, 2.45) is 0 Å². The quantitative estimate of drug-likeness (QED) is 0.750. The smallest absolute Gasteiger partial charge is 0.257 e. The molecule has 1 aromatic heterocycles. The van der Waals surface area contributed by atoms with Crippen LogP contribution in [0.15, 0.2) is 6.07 Å². The van der Waals surface area contributed by atoms with Crippen molar-refractivity contribution >= 4 is 0 Å². The average Bonchev–Trinajstić information content (AvgIpc) is 2.46. The molecule has 1 unspecified atom stereocenters. The lowest BCUT2D eigenvalue weighted by molar-refractivity contribution is -0.0803. The van der Waals surface area contributed by atoms with Gasteiger partial charge >= 0.3 is 0 Å². The third-order valence-electron chi connectivity index (χ3n) is 1.79. The van der Waals surface area contributed by atoms with Gasteiger partial charge in [-0.15, -0.1) is 0 Å². The minimum Gasteiger partial charge on any atom is -0.363 e. The minimum atomic E-state index is -2.46. The molecule has 0 fully saturated rings. The Hall–Kier alpha value is -1.01. The molecule has 6 heteroatoms. The molecule has 14 heavy (non-hydrogen) atoms. The van der Waals surface area contributed by atoms with Gasteiger partial charge in [-0.1, -0.05) is 0 Å². The molecule has 0 amide bonds. The van der Waals surface area contributed by atoms with Crippen LogP contribution in [0.2, 0.25) is 0 Å². The summed E-state index contributed by atoms with van der Waals surface area (Å²) in [6.07, 6.45) is -3.62. The number of alkyl halides is 2. The SMILES string of the molecule is COC(O)c1cc(C)n(CC(F)F)n1. The van der Waals surface area contributed by atoms with Crippen molar-refractivity contribution in [1.82, 2.24) is 9.78 Å². The Morgan fingerprint density at radius 3 is 2.79 bits per heavy atom. The van der Waals surface area contributed by atoms with Crippen LogP contribution in [0.25, 0.3) is 0 Å². The first-order valence-electron chi connectivity index (χ1n) is 4.08. The van der Waals surface area contributed by atoms with Gasteiger partial charge in [-0.2, -0.15) is 5.10 Å². The van der Waals surface area contributed by atoms with Crippen LogP contribution < -0.4 is 0 Å².